The number of fused-ring (bicyclic) bond motifs is 1. The molecule has 0 radical (unpaired) electrons. The Balaban J connectivity index is 1.86. The topological polar surface area (TPSA) is 40.0 Å². The number of nitrogens with zero attached hydrogens (tertiary/aromatic N) is 3. The van der Waals surface area contributed by atoms with E-state index in [1.807, 2.05) is 0 Å². The standard InChI is InChI=1S/C13H16Cl2N4S/c1-7-5-8(3-4-19(7)2)16-11-9(14)6-10(15)12-13(11)18-20-17-12/h6-8,16H,3-5H2,1-2H3. The van der Waals surface area contributed by atoms with Crippen LogP contribution in [0.25, 0.3) is 0 Å². The van der Waals surface area contributed by atoms with Crippen LogP contribution < -0.4 is 5.32 Å². The van der Waals surface area contributed by atoms with Crippen LogP contribution in [-0.2, 0) is 11.4 Å². The Labute approximate surface area is 132 Å². The monoisotopic (exact) mass is 330 g/mol. The Morgan fingerprint density at radius 3 is 2.80 bits per heavy atom. The molecule has 0 aliphatic carbocycles. The summed E-state index contributed by atoms with van der Waals surface area (Å²) < 4.78 is 8.56. The van der Waals surface area contributed by atoms with Gasteiger partial charge in [0.2, 0.25) is 0 Å². The van der Waals surface area contributed by atoms with Gasteiger partial charge in [0.05, 0.1) is 27.1 Å². The Hall–Kier alpha value is -0.620. The summed E-state index contributed by atoms with van der Waals surface area (Å²) in [5.74, 6) is 0. The fourth-order valence-electron chi connectivity index (χ4n) is 2.64. The zero-order valence-electron chi connectivity index (χ0n) is 11.4. The third kappa shape index (κ3) is 2.60. The van der Waals surface area contributed by atoms with Crippen LogP contribution in [0.4, 0.5) is 17.1 Å². The molecule has 0 saturated carbocycles. The van der Waals surface area contributed by atoms with Gasteiger partial charge in [0.15, 0.2) is 0 Å². The molecule has 1 aromatic rings. The first-order valence-corrected chi connectivity index (χ1v) is 8.12. The zero-order chi connectivity index (χ0) is 14.3. The van der Waals surface area contributed by atoms with Gasteiger partial charge in [0.25, 0.3) is 0 Å². The first-order chi connectivity index (χ1) is 9.56. The second-order valence-corrected chi connectivity index (χ2v) is 6.71. The van der Waals surface area contributed by atoms with E-state index < -0.39 is 0 Å². The van der Waals surface area contributed by atoms with Crippen molar-refractivity contribution in [1.82, 2.24) is 4.90 Å². The minimum atomic E-state index is 0.407. The summed E-state index contributed by atoms with van der Waals surface area (Å²) in [6.45, 7) is 3.33. The van der Waals surface area contributed by atoms with E-state index in [0.717, 1.165) is 47.8 Å². The lowest BCUT2D eigenvalue weighted by molar-refractivity contribution is 0.190. The number of nitrogens with one attached hydrogen (secondary N) is 1. The molecule has 108 valence electrons. The molecule has 1 aromatic carbocycles. The summed E-state index contributed by atoms with van der Waals surface area (Å²) in [5.41, 5.74) is 2.37. The molecule has 20 heavy (non-hydrogen) atoms. The van der Waals surface area contributed by atoms with Crippen molar-refractivity contribution in [3.8, 4) is 0 Å². The Bertz CT molecular complexity index is 613. The number of likely N-dealkylation sites (tertiary alicyclic amines) is 1. The van der Waals surface area contributed by atoms with Crippen LogP contribution in [0.1, 0.15) is 19.8 Å². The van der Waals surface area contributed by atoms with Gasteiger partial charge < -0.3 is 10.2 Å². The lowest BCUT2D eigenvalue weighted by Crippen LogP contribution is -2.42. The van der Waals surface area contributed by atoms with Gasteiger partial charge in [-0.2, -0.15) is 8.73 Å². The molecule has 0 spiro atoms. The van der Waals surface area contributed by atoms with Crippen LogP contribution in [0.2, 0.25) is 10.0 Å². The SMILES string of the molecule is CC1CC(Nc2c(Cl)cc(Cl)c3c2N=S=N3)CCN1C. The predicted octanol–water partition coefficient (Wildman–Crippen LogP) is 4.61. The normalized spacial score (nSPS) is 25.4. The number of benzene rings is 1. The van der Waals surface area contributed by atoms with Crippen molar-refractivity contribution in [3.63, 3.8) is 0 Å². The summed E-state index contributed by atoms with van der Waals surface area (Å²) in [5, 5.41) is 4.71. The van der Waals surface area contributed by atoms with Crippen molar-refractivity contribution in [3.05, 3.63) is 16.1 Å². The summed E-state index contributed by atoms with van der Waals surface area (Å²) in [6, 6.07) is 2.72. The minimum Gasteiger partial charge on any atom is -0.379 e. The molecule has 2 aliphatic heterocycles. The van der Waals surface area contributed by atoms with Gasteiger partial charge in [-0.25, -0.2) is 0 Å². The van der Waals surface area contributed by atoms with E-state index in [1.165, 1.54) is 0 Å². The number of halogens is 2. The lowest BCUT2D eigenvalue weighted by Gasteiger charge is -2.36. The van der Waals surface area contributed by atoms with E-state index in [-0.39, 0.29) is 0 Å². The molecule has 1 fully saturated rings. The molecule has 7 heteroatoms. The molecule has 2 atom stereocenters. The average molecular weight is 331 g/mol. The Morgan fingerprint density at radius 2 is 2.05 bits per heavy atom. The molecule has 2 aliphatic rings. The van der Waals surface area contributed by atoms with E-state index in [2.05, 4.69) is 32.9 Å². The van der Waals surface area contributed by atoms with Crippen molar-refractivity contribution >= 4 is 51.6 Å². The summed E-state index contributed by atoms with van der Waals surface area (Å²) in [6.07, 6.45) is 2.19. The van der Waals surface area contributed by atoms with Crippen molar-refractivity contribution in [1.29, 1.82) is 0 Å². The van der Waals surface area contributed by atoms with E-state index in [9.17, 15) is 0 Å². The second-order valence-electron chi connectivity index (χ2n) is 5.37. The first kappa shape index (κ1) is 14.3. The van der Waals surface area contributed by atoms with Gasteiger partial charge in [0.1, 0.15) is 11.4 Å². The molecule has 2 unspecified atom stereocenters. The fraction of sp³-hybridized carbons (Fsp3) is 0.538. The van der Waals surface area contributed by atoms with Crippen LogP contribution >= 0.6 is 23.2 Å². The van der Waals surface area contributed by atoms with Crippen LogP contribution in [0.15, 0.2) is 14.8 Å². The van der Waals surface area contributed by atoms with Crippen LogP contribution in [0, 0.1) is 0 Å². The third-order valence-electron chi connectivity index (χ3n) is 4.00. The molecular formula is C13H16Cl2N4S. The molecule has 0 aromatic heterocycles. The third-order valence-corrected chi connectivity index (χ3v) is 5.12. The number of hydrogen-bond acceptors (Lipinski definition) is 4. The molecule has 0 bridgehead atoms. The highest BCUT2D eigenvalue weighted by atomic mass is 35.5. The van der Waals surface area contributed by atoms with Crippen molar-refractivity contribution in [2.45, 2.75) is 31.8 Å². The van der Waals surface area contributed by atoms with Crippen LogP contribution in [-0.4, -0.2) is 30.6 Å². The maximum atomic E-state index is 6.33. The van der Waals surface area contributed by atoms with Gasteiger partial charge in [-0.3, -0.25) is 0 Å². The lowest BCUT2D eigenvalue weighted by atomic mass is 9.98. The van der Waals surface area contributed by atoms with E-state index in [1.54, 1.807) is 6.07 Å². The zero-order valence-corrected chi connectivity index (χ0v) is 13.7. The van der Waals surface area contributed by atoms with Crippen LogP contribution in [0.5, 0.6) is 0 Å². The number of piperidine rings is 1. The average Bonchev–Trinajstić information content (AvgIpc) is 2.88. The van der Waals surface area contributed by atoms with Gasteiger partial charge in [-0.1, -0.05) is 23.2 Å². The van der Waals surface area contributed by atoms with Gasteiger partial charge in [-0.15, -0.1) is 0 Å². The second kappa shape index (κ2) is 5.64. The number of rotatable bonds is 2. The predicted molar refractivity (Wildman–Crippen MR) is 86.7 cm³/mol. The van der Waals surface area contributed by atoms with Gasteiger partial charge in [0, 0.05) is 18.6 Å². The van der Waals surface area contributed by atoms with E-state index in [4.69, 9.17) is 23.2 Å². The summed E-state index contributed by atoms with van der Waals surface area (Å²) in [7, 11) is 2.17. The highest BCUT2D eigenvalue weighted by Crippen LogP contribution is 2.48. The largest absolute Gasteiger partial charge is 0.379 e. The number of anilines is 1. The first-order valence-electron chi connectivity index (χ1n) is 6.63. The quantitative estimate of drug-likeness (QED) is 0.872. The van der Waals surface area contributed by atoms with Gasteiger partial charge >= 0.3 is 0 Å². The van der Waals surface area contributed by atoms with E-state index >= 15 is 0 Å². The van der Waals surface area contributed by atoms with Gasteiger partial charge in [-0.05, 0) is 32.9 Å². The summed E-state index contributed by atoms with van der Waals surface area (Å²) in [4.78, 5) is 2.38. The Morgan fingerprint density at radius 1 is 1.30 bits per heavy atom. The minimum absolute atomic E-state index is 0.407. The molecular weight excluding hydrogens is 315 g/mol. The molecule has 1 saturated heterocycles. The molecule has 2 heterocycles. The molecule has 3 rings (SSSR count). The maximum absolute atomic E-state index is 6.33. The molecule has 1 N–H and O–H groups in total. The van der Waals surface area contributed by atoms with Crippen molar-refractivity contribution in [2.75, 3.05) is 18.9 Å². The molecule has 4 nitrogen and oxygen atoms in total. The highest BCUT2D eigenvalue weighted by Gasteiger charge is 2.26. The highest BCUT2D eigenvalue weighted by molar-refractivity contribution is 7.58. The maximum Gasteiger partial charge on any atom is 0.130 e. The molecule has 0 amide bonds. The Kier molecular flexibility index (Phi) is 4.04. The van der Waals surface area contributed by atoms with Crippen molar-refractivity contribution < 1.29 is 0 Å². The summed E-state index contributed by atoms with van der Waals surface area (Å²) >= 11 is 13.6. The smallest absolute Gasteiger partial charge is 0.130 e. The fourth-order valence-corrected chi connectivity index (χ4v) is 3.80. The van der Waals surface area contributed by atoms with E-state index in [0.29, 0.717) is 22.1 Å². The van der Waals surface area contributed by atoms with Crippen LogP contribution in [0.3, 0.4) is 0 Å². The van der Waals surface area contributed by atoms with Crippen molar-refractivity contribution in [2.24, 2.45) is 8.73 Å². The number of hydrogen-bond donors (Lipinski definition) is 1.